The highest BCUT2D eigenvalue weighted by Gasteiger charge is 1.83. The average molecular weight is 133 g/mol. The zero-order valence-electron chi connectivity index (χ0n) is 5.87. The van der Waals surface area contributed by atoms with Crippen molar-refractivity contribution in [3.05, 3.63) is 42.7 Å². The Balaban J connectivity index is 2.59. The second-order valence-corrected chi connectivity index (χ2v) is 1.82. The molecule has 0 N–H and O–H groups in total. The molecule has 0 aliphatic heterocycles. The van der Waals surface area contributed by atoms with Gasteiger partial charge in [-0.25, -0.2) is 0 Å². The minimum atomic E-state index is 0.820. The van der Waals surface area contributed by atoms with Crippen molar-refractivity contribution >= 4 is 0 Å². The van der Waals surface area contributed by atoms with E-state index in [-0.39, 0.29) is 0 Å². The molecule has 1 aromatic carbocycles. The van der Waals surface area contributed by atoms with Gasteiger partial charge in [0.15, 0.2) is 6.26 Å². The van der Waals surface area contributed by atoms with Gasteiger partial charge in [-0.1, -0.05) is 18.2 Å². The van der Waals surface area contributed by atoms with Crippen LogP contribution in [0.5, 0.6) is 5.75 Å². The lowest BCUT2D eigenvalue weighted by Crippen LogP contribution is -1.79. The minimum absolute atomic E-state index is 0.820. The van der Waals surface area contributed by atoms with Crippen molar-refractivity contribution in [1.29, 1.82) is 0 Å². The Bertz CT molecular complexity index is 201. The van der Waals surface area contributed by atoms with Crippen LogP contribution in [0.15, 0.2) is 36.4 Å². The van der Waals surface area contributed by atoms with Crippen LogP contribution in [-0.4, -0.2) is 0 Å². The standard InChI is InChI=1S/C9H9O/c1-2-8-10-9-6-4-3-5-7-9/h2-7H,1H3. The summed E-state index contributed by atoms with van der Waals surface area (Å²) in [6, 6.07) is 9.56. The Morgan fingerprint density at radius 2 is 2.00 bits per heavy atom. The van der Waals surface area contributed by atoms with Crippen LogP contribution < -0.4 is 4.74 Å². The van der Waals surface area contributed by atoms with Crippen molar-refractivity contribution in [3.8, 4) is 5.75 Å². The number of benzene rings is 1. The molecule has 1 radical (unpaired) electrons. The second-order valence-electron chi connectivity index (χ2n) is 1.82. The molecule has 0 aliphatic carbocycles. The van der Waals surface area contributed by atoms with E-state index in [4.69, 9.17) is 4.74 Å². The zero-order valence-corrected chi connectivity index (χ0v) is 5.87. The van der Waals surface area contributed by atoms with E-state index in [9.17, 15) is 0 Å². The van der Waals surface area contributed by atoms with Crippen LogP contribution in [0.1, 0.15) is 6.92 Å². The van der Waals surface area contributed by atoms with Gasteiger partial charge in [0.2, 0.25) is 0 Å². The normalized spacial score (nSPS) is 10.1. The first-order valence-corrected chi connectivity index (χ1v) is 3.18. The molecule has 0 amide bonds. The van der Waals surface area contributed by atoms with Crippen LogP contribution in [0.2, 0.25) is 0 Å². The Labute approximate surface area is 61.0 Å². The monoisotopic (exact) mass is 133 g/mol. The topological polar surface area (TPSA) is 9.23 Å². The summed E-state index contributed by atoms with van der Waals surface area (Å²) < 4.78 is 5.05. The molecule has 0 bridgehead atoms. The van der Waals surface area contributed by atoms with Gasteiger partial charge in [-0.3, -0.25) is 0 Å². The molecule has 0 atom stereocenters. The van der Waals surface area contributed by atoms with Gasteiger partial charge >= 0.3 is 0 Å². The number of rotatable bonds is 2. The van der Waals surface area contributed by atoms with Gasteiger partial charge in [0.25, 0.3) is 0 Å². The first kappa shape index (κ1) is 6.87. The molecular weight excluding hydrogens is 124 g/mol. The molecule has 0 saturated carbocycles. The van der Waals surface area contributed by atoms with Crippen LogP contribution in [0, 0.1) is 6.26 Å². The molecule has 0 saturated heterocycles. The van der Waals surface area contributed by atoms with Crippen LogP contribution in [0.4, 0.5) is 0 Å². The van der Waals surface area contributed by atoms with Gasteiger partial charge in [0, 0.05) is 0 Å². The number of hydrogen-bond donors (Lipinski definition) is 0. The Morgan fingerprint density at radius 3 is 2.60 bits per heavy atom. The lowest BCUT2D eigenvalue weighted by molar-refractivity contribution is 0.452. The largest absolute Gasteiger partial charge is 0.454 e. The van der Waals surface area contributed by atoms with Crippen molar-refractivity contribution in [2.45, 2.75) is 6.92 Å². The third kappa shape index (κ3) is 1.94. The summed E-state index contributed by atoms with van der Waals surface area (Å²) in [6.45, 7) is 1.86. The Hall–Kier alpha value is -1.24. The summed E-state index contributed by atoms with van der Waals surface area (Å²) in [5.41, 5.74) is 0. The van der Waals surface area contributed by atoms with E-state index in [2.05, 4.69) is 6.26 Å². The molecule has 1 rings (SSSR count). The van der Waals surface area contributed by atoms with E-state index in [1.807, 2.05) is 37.3 Å². The summed E-state index contributed by atoms with van der Waals surface area (Å²) in [7, 11) is 0. The third-order valence-electron chi connectivity index (χ3n) is 1.04. The fourth-order valence-corrected chi connectivity index (χ4v) is 0.616. The van der Waals surface area contributed by atoms with E-state index in [0.717, 1.165) is 5.75 Å². The molecule has 1 nitrogen and oxygen atoms in total. The van der Waals surface area contributed by atoms with Crippen LogP contribution in [-0.2, 0) is 0 Å². The summed E-state index contributed by atoms with van der Waals surface area (Å²) in [5, 5.41) is 0. The highest BCUT2D eigenvalue weighted by molar-refractivity contribution is 5.21. The fraction of sp³-hybridized carbons (Fsp3) is 0.111. The highest BCUT2D eigenvalue weighted by atomic mass is 16.5. The lowest BCUT2D eigenvalue weighted by atomic mass is 10.3. The predicted molar refractivity (Wildman–Crippen MR) is 40.6 cm³/mol. The highest BCUT2D eigenvalue weighted by Crippen LogP contribution is 2.07. The molecule has 51 valence electrons. The predicted octanol–water partition coefficient (Wildman–Crippen LogP) is 2.40. The molecule has 0 aliphatic rings. The summed E-state index contributed by atoms with van der Waals surface area (Å²) in [5.74, 6) is 0.820. The van der Waals surface area contributed by atoms with Gasteiger partial charge in [-0.15, -0.1) is 0 Å². The molecule has 0 fully saturated rings. The second kappa shape index (κ2) is 3.72. The van der Waals surface area contributed by atoms with Crippen molar-refractivity contribution in [3.63, 3.8) is 0 Å². The molecule has 0 spiro atoms. The van der Waals surface area contributed by atoms with Crippen molar-refractivity contribution in [2.24, 2.45) is 0 Å². The Morgan fingerprint density at radius 1 is 1.30 bits per heavy atom. The Kier molecular flexibility index (Phi) is 2.56. The average Bonchev–Trinajstić information content (AvgIpc) is 2.03. The fourth-order valence-electron chi connectivity index (χ4n) is 0.616. The SMILES string of the molecule is C/C=[C]/Oc1ccccc1. The van der Waals surface area contributed by atoms with E-state index in [1.54, 1.807) is 6.08 Å². The number of para-hydroxylation sites is 1. The molecule has 10 heavy (non-hydrogen) atoms. The molecule has 1 heteroatoms. The number of ether oxygens (including phenoxy) is 1. The summed E-state index contributed by atoms with van der Waals surface area (Å²) in [4.78, 5) is 0. The summed E-state index contributed by atoms with van der Waals surface area (Å²) in [6.07, 6.45) is 4.37. The molecule has 0 unspecified atom stereocenters. The summed E-state index contributed by atoms with van der Waals surface area (Å²) >= 11 is 0. The maximum absolute atomic E-state index is 5.05. The van der Waals surface area contributed by atoms with Gasteiger partial charge in [-0.05, 0) is 25.1 Å². The number of allylic oxidation sites excluding steroid dienone is 1. The van der Waals surface area contributed by atoms with Gasteiger partial charge in [-0.2, -0.15) is 0 Å². The maximum Gasteiger partial charge on any atom is 0.165 e. The van der Waals surface area contributed by atoms with Crippen LogP contribution >= 0.6 is 0 Å². The quantitative estimate of drug-likeness (QED) is 0.563. The molecule has 0 heterocycles. The van der Waals surface area contributed by atoms with E-state index >= 15 is 0 Å². The first-order chi connectivity index (χ1) is 4.93. The van der Waals surface area contributed by atoms with E-state index < -0.39 is 0 Å². The van der Waals surface area contributed by atoms with Crippen molar-refractivity contribution in [2.75, 3.05) is 0 Å². The van der Waals surface area contributed by atoms with Crippen molar-refractivity contribution in [1.82, 2.24) is 0 Å². The smallest absolute Gasteiger partial charge is 0.165 e. The molecule has 0 aromatic heterocycles. The van der Waals surface area contributed by atoms with Crippen LogP contribution in [0.3, 0.4) is 0 Å². The minimum Gasteiger partial charge on any atom is -0.454 e. The van der Waals surface area contributed by atoms with Crippen molar-refractivity contribution < 1.29 is 4.74 Å². The first-order valence-electron chi connectivity index (χ1n) is 3.18. The molecule has 1 aromatic rings. The molecular formula is C9H9O. The lowest BCUT2D eigenvalue weighted by Gasteiger charge is -1.94. The zero-order chi connectivity index (χ0) is 7.23. The van der Waals surface area contributed by atoms with Gasteiger partial charge in [0.1, 0.15) is 5.75 Å². The maximum atomic E-state index is 5.05. The number of hydrogen-bond acceptors (Lipinski definition) is 1. The van der Waals surface area contributed by atoms with E-state index in [0.29, 0.717) is 0 Å². The van der Waals surface area contributed by atoms with E-state index in [1.165, 1.54) is 0 Å². The van der Waals surface area contributed by atoms with Crippen LogP contribution in [0.25, 0.3) is 0 Å². The van der Waals surface area contributed by atoms with Gasteiger partial charge in [0.05, 0.1) is 0 Å². The van der Waals surface area contributed by atoms with Gasteiger partial charge < -0.3 is 4.74 Å². The third-order valence-corrected chi connectivity index (χ3v) is 1.04.